The number of rotatable bonds is 54. The van der Waals surface area contributed by atoms with Crippen molar-refractivity contribution in [1.29, 1.82) is 0 Å². The van der Waals surface area contributed by atoms with Crippen molar-refractivity contribution in [2.45, 2.75) is 264 Å². The second kappa shape index (κ2) is 62.8. The summed E-state index contributed by atoms with van der Waals surface area (Å²) in [5.74, 6) is -0.956. The van der Waals surface area contributed by atoms with Crippen molar-refractivity contribution in [3.63, 3.8) is 0 Å². The van der Waals surface area contributed by atoms with E-state index in [-0.39, 0.29) is 31.1 Å². The Kier molecular flexibility index (Phi) is 58.9. The number of unbranched alkanes of at least 4 members (excludes halogenated alkanes) is 19. The van der Waals surface area contributed by atoms with Crippen LogP contribution >= 0.6 is 0 Å². The molecular formula is C70H112O6. The molecule has 0 amide bonds. The molecule has 1 unspecified atom stereocenters. The highest BCUT2D eigenvalue weighted by Gasteiger charge is 2.19. The minimum absolute atomic E-state index is 0.100. The lowest BCUT2D eigenvalue weighted by Crippen LogP contribution is -2.30. The quantitative estimate of drug-likeness (QED) is 0.0261. The van der Waals surface area contributed by atoms with Crippen LogP contribution in [0.4, 0.5) is 0 Å². The van der Waals surface area contributed by atoms with E-state index in [0.717, 1.165) is 161 Å². The van der Waals surface area contributed by atoms with Gasteiger partial charge in [-0.1, -0.05) is 263 Å². The number of hydrogen-bond acceptors (Lipinski definition) is 6. The Balaban J connectivity index is 4.47. The third kappa shape index (κ3) is 60.2. The van der Waals surface area contributed by atoms with Crippen LogP contribution in [-0.4, -0.2) is 37.2 Å². The van der Waals surface area contributed by atoms with Gasteiger partial charge < -0.3 is 14.2 Å². The predicted molar refractivity (Wildman–Crippen MR) is 329 cm³/mol. The van der Waals surface area contributed by atoms with E-state index in [2.05, 4.69) is 167 Å². The van der Waals surface area contributed by atoms with Gasteiger partial charge in [0.2, 0.25) is 0 Å². The molecule has 6 nitrogen and oxygen atoms in total. The zero-order valence-electron chi connectivity index (χ0n) is 49.0. The van der Waals surface area contributed by atoms with E-state index in [0.29, 0.717) is 19.3 Å². The van der Waals surface area contributed by atoms with Crippen molar-refractivity contribution in [2.75, 3.05) is 13.2 Å². The Morgan fingerprint density at radius 2 is 0.513 bits per heavy atom. The average Bonchev–Trinajstić information content (AvgIpc) is 3.42. The van der Waals surface area contributed by atoms with Gasteiger partial charge in [0.25, 0.3) is 0 Å². The first-order valence-electron chi connectivity index (χ1n) is 30.8. The first kappa shape index (κ1) is 71.3. The summed E-state index contributed by atoms with van der Waals surface area (Å²) in [5, 5.41) is 0. The molecule has 0 aliphatic rings. The predicted octanol–water partition coefficient (Wildman–Crippen LogP) is 21.2. The lowest BCUT2D eigenvalue weighted by Gasteiger charge is -2.18. The van der Waals surface area contributed by atoms with Gasteiger partial charge in [-0.3, -0.25) is 14.4 Å². The van der Waals surface area contributed by atoms with Gasteiger partial charge in [-0.05, 0) is 122 Å². The van der Waals surface area contributed by atoms with Gasteiger partial charge in [0, 0.05) is 19.3 Å². The van der Waals surface area contributed by atoms with Gasteiger partial charge in [-0.25, -0.2) is 0 Å². The largest absolute Gasteiger partial charge is 0.462 e. The molecule has 0 heterocycles. The Morgan fingerprint density at radius 1 is 0.276 bits per heavy atom. The SMILES string of the molecule is CC/C=C\C/C=C\C/C=C\C/C=C\C/C=C\C/C=C\C/C=C\CCCCCC(=O)OCC(COC(=O)CCCCCCCCCCCCCC)OC(=O)CCCCCCC/C=C\C/C=C\C/C=C\C/C=C\C/C=C\CC. The van der Waals surface area contributed by atoms with Gasteiger partial charge in [-0.2, -0.15) is 0 Å². The van der Waals surface area contributed by atoms with E-state index in [9.17, 15) is 14.4 Å². The van der Waals surface area contributed by atoms with Crippen molar-refractivity contribution in [2.24, 2.45) is 0 Å². The maximum absolute atomic E-state index is 12.9. The van der Waals surface area contributed by atoms with Crippen LogP contribution in [0.15, 0.2) is 146 Å². The van der Waals surface area contributed by atoms with Crippen molar-refractivity contribution >= 4 is 17.9 Å². The molecule has 6 heteroatoms. The molecule has 0 spiro atoms. The topological polar surface area (TPSA) is 78.9 Å². The molecule has 0 saturated heterocycles. The van der Waals surface area contributed by atoms with E-state index in [4.69, 9.17) is 14.2 Å². The van der Waals surface area contributed by atoms with Gasteiger partial charge in [0.05, 0.1) is 0 Å². The van der Waals surface area contributed by atoms with Crippen molar-refractivity contribution in [3.8, 4) is 0 Å². The fourth-order valence-corrected chi connectivity index (χ4v) is 8.04. The molecule has 76 heavy (non-hydrogen) atoms. The molecule has 0 saturated carbocycles. The Labute approximate surface area is 467 Å². The first-order valence-corrected chi connectivity index (χ1v) is 30.8. The summed E-state index contributed by atoms with van der Waals surface area (Å²) in [5.41, 5.74) is 0. The Morgan fingerprint density at radius 3 is 0.816 bits per heavy atom. The minimum atomic E-state index is -0.808. The van der Waals surface area contributed by atoms with Gasteiger partial charge in [-0.15, -0.1) is 0 Å². The highest BCUT2D eigenvalue weighted by Crippen LogP contribution is 2.14. The van der Waals surface area contributed by atoms with Crippen LogP contribution in [-0.2, 0) is 28.6 Å². The fourth-order valence-electron chi connectivity index (χ4n) is 8.04. The number of carbonyl (C=O) groups excluding carboxylic acids is 3. The number of allylic oxidation sites excluding steroid dienone is 24. The molecule has 0 bridgehead atoms. The molecule has 1 atom stereocenters. The Bertz CT molecular complexity index is 1680. The number of hydrogen-bond donors (Lipinski definition) is 0. The molecule has 0 aromatic rings. The normalized spacial score (nSPS) is 13.1. The minimum Gasteiger partial charge on any atom is -0.462 e. The van der Waals surface area contributed by atoms with Gasteiger partial charge in [0.15, 0.2) is 6.10 Å². The molecule has 0 aliphatic carbocycles. The molecule has 0 rings (SSSR count). The van der Waals surface area contributed by atoms with Crippen LogP contribution in [0.25, 0.3) is 0 Å². The standard InChI is InChI=1S/C70H112O6/c1-4-7-10-13-16-19-22-25-27-29-31-33-34-35-36-38-39-41-43-45-48-51-54-57-60-63-69(72)75-66-67(65-74-68(71)62-59-56-53-50-47-24-21-18-15-12-9-6-3)76-70(73)64-61-58-55-52-49-46-44-42-40-37-32-30-28-26-23-20-17-14-11-8-5-2/h7-8,10-11,16-17,19-20,25-28,31-33,35-37,39,41-42,44-45,48,67H,4-6,9,12-15,18,21-24,29-30,34,38,40,43,46-47,49-66H2,1-3H3/b10-7-,11-8-,19-16-,20-17-,27-25-,28-26-,33-31-,36-35-,37-32-,41-39-,44-42-,48-45-. The summed E-state index contributed by atoms with van der Waals surface area (Å²) >= 11 is 0. The summed E-state index contributed by atoms with van der Waals surface area (Å²) in [6.07, 6.45) is 89.8. The van der Waals surface area contributed by atoms with Crippen molar-refractivity contribution < 1.29 is 28.6 Å². The maximum atomic E-state index is 12.9. The smallest absolute Gasteiger partial charge is 0.306 e. The van der Waals surface area contributed by atoms with Crippen molar-refractivity contribution in [1.82, 2.24) is 0 Å². The molecule has 0 radical (unpaired) electrons. The molecule has 0 aliphatic heterocycles. The van der Waals surface area contributed by atoms with Crippen LogP contribution in [0.2, 0.25) is 0 Å². The summed E-state index contributed by atoms with van der Waals surface area (Å²) in [7, 11) is 0. The monoisotopic (exact) mass is 1050 g/mol. The second-order valence-corrected chi connectivity index (χ2v) is 19.9. The molecular weight excluding hydrogens is 937 g/mol. The number of esters is 3. The summed E-state index contributed by atoms with van der Waals surface area (Å²) in [4.78, 5) is 38.2. The lowest BCUT2D eigenvalue weighted by atomic mass is 10.0. The first-order chi connectivity index (χ1) is 37.5. The number of ether oxygens (including phenoxy) is 3. The van der Waals surface area contributed by atoms with Crippen LogP contribution in [0.1, 0.15) is 258 Å². The van der Waals surface area contributed by atoms with E-state index < -0.39 is 6.10 Å². The molecule has 0 fully saturated rings. The van der Waals surface area contributed by atoms with E-state index in [1.807, 2.05) is 0 Å². The highest BCUT2D eigenvalue weighted by molar-refractivity contribution is 5.71. The van der Waals surface area contributed by atoms with Crippen LogP contribution in [0.3, 0.4) is 0 Å². The highest BCUT2D eigenvalue weighted by atomic mass is 16.6. The van der Waals surface area contributed by atoms with Crippen LogP contribution in [0, 0.1) is 0 Å². The van der Waals surface area contributed by atoms with Crippen LogP contribution in [0.5, 0.6) is 0 Å². The van der Waals surface area contributed by atoms with Gasteiger partial charge in [0.1, 0.15) is 13.2 Å². The second-order valence-electron chi connectivity index (χ2n) is 19.9. The summed E-state index contributed by atoms with van der Waals surface area (Å²) < 4.78 is 16.9. The van der Waals surface area contributed by atoms with Crippen LogP contribution < -0.4 is 0 Å². The molecule has 0 aromatic heterocycles. The molecule has 0 N–H and O–H groups in total. The molecule has 428 valence electrons. The number of carbonyl (C=O) groups is 3. The molecule has 0 aromatic carbocycles. The third-order valence-electron chi connectivity index (χ3n) is 12.6. The lowest BCUT2D eigenvalue weighted by molar-refractivity contribution is -0.167. The average molecular weight is 1050 g/mol. The van der Waals surface area contributed by atoms with Gasteiger partial charge >= 0.3 is 17.9 Å². The summed E-state index contributed by atoms with van der Waals surface area (Å²) in [6.45, 7) is 6.36. The van der Waals surface area contributed by atoms with E-state index in [1.165, 1.54) is 57.8 Å². The summed E-state index contributed by atoms with van der Waals surface area (Å²) in [6, 6.07) is 0. The maximum Gasteiger partial charge on any atom is 0.306 e. The fraction of sp³-hybridized carbons (Fsp3) is 0.614. The Hall–Kier alpha value is -4.71. The van der Waals surface area contributed by atoms with E-state index >= 15 is 0 Å². The van der Waals surface area contributed by atoms with Crippen molar-refractivity contribution in [3.05, 3.63) is 146 Å². The zero-order chi connectivity index (χ0) is 55.0. The van der Waals surface area contributed by atoms with E-state index in [1.54, 1.807) is 0 Å². The zero-order valence-corrected chi connectivity index (χ0v) is 49.0. The third-order valence-corrected chi connectivity index (χ3v) is 12.6.